The Labute approximate surface area is 81.1 Å². The zero-order valence-corrected chi connectivity index (χ0v) is 8.02. The van der Waals surface area contributed by atoms with Crippen molar-refractivity contribution in [3.05, 3.63) is 0 Å². The van der Waals surface area contributed by atoms with Crippen LogP contribution < -0.4 is 4.66 Å². The van der Waals surface area contributed by atoms with Crippen LogP contribution in [0.25, 0.3) is 0 Å². The molecule has 0 fully saturated rings. The molecule has 0 rings (SSSR count). The molecule has 0 radical (unpaired) electrons. The third-order valence-corrected chi connectivity index (χ3v) is 1.25. The quantitative estimate of drug-likeness (QED) is 0.368. The first kappa shape index (κ1) is 15.5. The van der Waals surface area contributed by atoms with E-state index in [2.05, 4.69) is 0 Å². The number of aliphatic hydroxyl groups excluding tert-OH is 3. The van der Waals surface area contributed by atoms with Crippen molar-refractivity contribution in [1.29, 1.82) is 0 Å². The van der Waals surface area contributed by atoms with Crippen molar-refractivity contribution in [2.75, 3.05) is 39.5 Å². The molecule has 0 aliphatic heterocycles. The van der Waals surface area contributed by atoms with Crippen molar-refractivity contribution in [3.8, 4) is 0 Å². The van der Waals surface area contributed by atoms with Gasteiger partial charge in [-0.1, -0.05) is 0 Å². The fraction of sp³-hybridized carbons (Fsp3) is 1.00. The first-order valence-corrected chi connectivity index (χ1v) is 4.37. The second-order valence-corrected chi connectivity index (χ2v) is 2.22. The normalized spacial score (nSPS) is 9.69. The van der Waals surface area contributed by atoms with E-state index in [-0.39, 0.29) is 31.1 Å². The molecule has 0 aliphatic rings. The van der Waals surface area contributed by atoms with Gasteiger partial charge in [0.05, 0.1) is 19.8 Å². The van der Waals surface area contributed by atoms with E-state index in [0.717, 1.165) is 0 Å². The molecule has 0 aromatic rings. The molecule has 0 amide bonds. The van der Waals surface area contributed by atoms with Crippen LogP contribution in [0.5, 0.6) is 0 Å². The van der Waals surface area contributed by atoms with Gasteiger partial charge in [0.1, 0.15) is 0 Å². The average molecular weight is 218 g/mol. The number of hydrogen-bond acceptors (Lipinski definition) is 6. The molecule has 0 saturated carbocycles. The lowest BCUT2D eigenvalue weighted by Crippen LogP contribution is -2.32. The molecule has 0 aromatic heterocycles. The molecule has 0 aromatic carbocycles. The number of nitrogens with zero attached hydrogens (tertiary/aromatic N) is 1. The van der Waals surface area contributed by atoms with Gasteiger partial charge in [0.25, 0.3) is 0 Å². The fourth-order valence-electron chi connectivity index (χ4n) is 0.760. The Balaban J connectivity index is 0. The summed E-state index contributed by atoms with van der Waals surface area (Å²) in [6.45, 7) is 1.75. The third kappa shape index (κ3) is 14.9. The maximum atomic E-state index is 8.48. The van der Waals surface area contributed by atoms with Gasteiger partial charge >= 0.3 is 11.3 Å². The van der Waals surface area contributed by atoms with Gasteiger partial charge in [-0.15, -0.1) is 4.66 Å². The van der Waals surface area contributed by atoms with E-state index >= 15 is 0 Å². The summed E-state index contributed by atoms with van der Waals surface area (Å²) in [4.78, 5) is 1.79. The fourth-order valence-corrected chi connectivity index (χ4v) is 0.760. The molecule has 0 bridgehead atoms. The standard InChI is InChI=1S/C6H15NO3.ClHO2/c8-4-1-7(2-5-9)3-6-10;2-1-3/h8-10H,1-6H2;2H. The molecular weight excluding hydrogens is 202 g/mol. The molecular formula is C6H16ClNO5. The molecule has 0 saturated heterocycles. The molecule has 7 heteroatoms. The summed E-state index contributed by atoms with van der Waals surface area (Å²) in [6, 6.07) is 0. The van der Waals surface area contributed by atoms with Crippen LogP contribution in [0.1, 0.15) is 0 Å². The molecule has 0 spiro atoms. The van der Waals surface area contributed by atoms with E-state index in [0.29, 0.717) is 19.6 Å². The van der Waals surface area contributed by atoms with E-state index in [1.807, 2.05) is 0 Å². The number of halogens is 1. The molecule has 13 heavy (non-hydrogen) atoms. The van der Waals surface area contributed by atoms with E-state index < -0.39 is 0 Å². The smallest absolute Gasteiger partial charge is 0.327 e. The van der Waals surface area contributed by atoms with Crippen LogP contribution in [0.3, 0.4) is 0 Å². The Bertz CT molecular complexity index is 73.2. The Kier molecular flexibility index (Phi) is 17.4. The minimum absolute atomic E-state index is 0.0694. The van der Waals surface area contributed by atoms with Gasteiger partial charge in [-0.3, -0.25) is 4.90 Å². The summed E-state index contributed by atoms with van der Waals surface area (Å²) in [5.74, 6) is 0. The largest absolute Gasteiger partial charge is 0.506 e. The lowest BCUT2D eigenvalue weighted by Gasteiger charge is -2.17. The summed E-state index contributed by atoms with van der Waals surface area (Å²) >= 11 is -0.167. The lowest BCUT2D eigenvalue weighted by molar-refractivity contribution is -1.27. The van der Waals surface area contributed by atoms with Crippen molar-refractivity contribution in [1.82, 2.24) is 4.90 Å². The maximum Gasteiger partial charge on any atom is 0.327 e. The summed E-state index contributed by atoms with van der Waals surface area (Å²) in [7, 11) is 0. The van der Waals surface area contributed by atoms with Gasteiger partial charge in [-0.2, -0.15) is 0 Å². The summed E-state index contributed by atoms with van der Waals surface area (Å²) in [6.07, 6.45) is 0. The first-order valence-electron chi connectivity index (χ1n) is 3.72. The predicted octanol–water partition coefficient (Wildman–Crippen LogP) is -3.48. The Hall–Kier alpha value is 0.0500. The molecule has 0 atom stereocenters. The van der Waals surface area contributed by atoms with Crippen molar-refractivity contribution in [3.63, 3.8) is 0 Å². The zero-order valence-electron chi connectivity index (χ0n) is 7.26. The van der Waals surface area contributed by atoms with Crippen LogP contribution in [-0.2, 0) is 0 Å². The van der Waals surface area contributed by atoms with Gasteiger partial charge in [0.15, 0.2) is 0 Å². The second-order valence-electron chi connectivity index (χ2n) is 2.08. The van der Waals surface area contributed by atoms with Gasteiger partial charge in [0.2, 0.25) is 0 Å². The Morgan fingerprint density at radius 3 is 1.31 bits per heavy atom. The topological polar surface area (TPSA) is 107 Å². The first-order chi connectivity index (χ1) is 6.26. The number of aliphatic hydroxyl groups is 3. The highest BCUT2D eigenvalue weighted by Crippen LogP contribution is 1.84. The Morgan fingerprint density at radius 2 is 1.15 bits per heavy atom. The van der Waals surface area contributed by atoms with Crippen molar-refractivity contribution < 1.29 is 36.0 Å². The van der Waals surface area contributed by atoms with Crippen LogP contribution >= 0.6 is 0 Å². The maximum absolute atomic E-state index is 8.48. The van der Waals surface area contributed by atoms with Crippen LogP contribution in [0.15, 0.2) is 0 Å². The Morgan fingerprint density at radius 1 is 0.923 bits per heavy atom. The van der Waals surface area contributed by atoms with Crippen LogP contribution in [0, 0.1) is 11.3 Å². The number of rotatable bonds is 6. The molecule has 0 aliphatic carbocycles. The van der Waals surface area contributed by atoms with Crippen LogP contribution in [0.4, 0.5) is 0 Å². The molecule has 82 valence electrons. The van der Waals surface area contributed by atoms with Crippen LogP contribution in [-0.4, -0.2) is 64.3 Å². The van der Waals surface area contributed by atoms with E-state index in [1.54, 1.807) is 4.90 Å². The van der Waals surface area contributed by atoms with Gasteiger partial charge in [-0.25, -0.2) is 0 Å². The molecule has 4 N–H and O–H groups in total. The second kappa shape index (κ2) is 14.6. The van der Waals surface area contributed by atoms with E-state index in [1.165, 1.54) is 0 Å². The zero-order chi connectivity index (χ0) is 10.5. The van der Waals surface area contributed by atoms with E-state index in [4.69, 9.17) is 24.6 Å². The monoisotopic (exact) mass is 217 g/mol. The predicted molar refractivity (Wildman–Crippen MR) is 39.9 cm³/mol. The summed E-state index contributed by atoms with van der Waals surface area (Å²) < 4.78 is 15.2. The molecule has 0 unspecified atom stereocenters. The summed E-state index contributed by atoms with van der Waals surface area (Å²) in [5.41, 5.74) is 0. The minimum atomic E-state index is -0.167. The van der Waals surface area contributed by atoms with Gasteiger partial charge in [0, 0.05) is 19.6 Å². The lowest BCUT2D eigenvalue weighted by atomic mass is 10.4. The van der Waals surface area contributed by atoms with Gasteiger partial charge in [-0.05, 0) is 0 Å². The summed E-state index contributed by atoms with van der Waals surface area (Å²) in [5, 5.41) is 25.5. The molecule has 6 nitrogen and oxygen atoms in total. The third-order valence-electron chi connectivity index (χ3n) is 1.25. The highest BCUT2D eigenvalue weighted by Gasteiger charge is 2.00. The van der Waals surface area contributed by atoms with Crippen molar-refractivity contribution in [2.24, 2.45) is 0 Å². The van der Waals surface area contributed by atoms with Crippen LogP contribution in [0.2, 0.25) is 0 Å². The average Bonchev–Trinajstić information content (AvgIpc) is 2.07. The highest BCUT2D eigenvalue weighted by atomic mass is 35.6. The molecule has 0 heterocycles. The minimum Gasteiger partial charge on any atom is -0.506 e. The SMILES string of the molecule is OCCN(CCO)CCO.[O-][Cl+]O. The van der Waals surface area contributed by atoms with E-state index in [9.17, 15) is 0 Å². The van der Waals surface area contributed by atoms with Crippen molar-refractivity contribution >= 4 is 0 Å². The van der Waals surface area contributed by atoms with Crippen molar-refractivity contribution in [2.45, 2.75) is 0 Å². The highest BCUT2D eigenvalue weighted by molar-refractivity contribution is 4.54. The van der Waals surface area contributed by atoms with Gasteiger partial charge < -0.3 is 20.0 Å². The number of hydrogen-bond donors (Lipinski definition) is 4.